The molecule has 51 valence electrons. The minimum absolute atomic E-state index is 0.193. The van der Waals surface area contributed by atoms with E-state index in [1.165, 1.54) is 0 Å². The second-order valence-corrected chi connectivity index (χ2v) is 1.75. The Morgan fingerprint density at radius 2 is 2.22 bits per heavy atom. The van der Waals surface area contributed by atoms with Crippen molar-refractivity contribution >= 4 is 0 Å². The minimum atomic E-state index is -0.329. The number of rotatable bonds is 3. The fourth-order valence-electron chi connectivity index (χ4n) is 0.374. The lowest BCUT2D eigenvalue weighted by Crippen LogP contribution is -2.40. The third-order valence-electron chi connectivity index (χ3n) is 1.01. The smallest absolute Gasteiger partial charge is 0.0659 e. The molecule has 0 aliphatic rings. The van der Waals surface area contributed by atoms with Crippen LogP contribution in [0.2, 0.25) is 0 Å². The number of hydrogen-bond acceptors (Lipinski definition) is 4. The average Bonchev–Trinajstić information content (AvgIpc) is 1.87. The summed E-state index contributed by atoms with van der Waals surface area (Å²) in [6, 6.07) is 2.01. The highest BCUT2D eigenvalue weighted by atomic mass is 14.8. The third-order valence-corrected chi connectivity index (χ3v) is 1.01. The van der Waals surface area contributed by atoms with Gasteiger partial charge in [-0.2, -0.15) is 5.26 Å². The van der Waals surface area contributed by atoms with Crippen LogP contribution in [0.5, 0.6) is 0 Å². The van der Waals surface area contributed by atoms with Gasteiger partial charge in [0.05, 0.1) is 18.5 Å². The molecule has 1 unspecified atom stereocenters. The van der Waals surface area contributed by atoms with Crippen molar-refractivity contribution in [3.63, 3.8) is 0 Å². The number of hydrogen-bond donors (Lipinski definition) is 3. The van der Waals surface area contributed by atoms with Gasteiger partial charge in [-0.15, -0.1) is 0 Å². The van der Waals surface area contributed by atoms with Crippen LogP contribution in [0.4, 0.5) is 0 Å². The van der Waals surface area contributed by atoms with E-state index in [0.29, 0.717) is 12.6 Å². The molecule has 0 bridgehead atoms. The first-order valence-corrected chi connectivity index (χ1v) is 2.66. The zero-order valence-electron chi connectivity index (χ0n) is 5.17. The molecule has 0 saturated heterocycles. The molecule has 6 N–H and O–H groups in total. The van der Waals surface area contributed by atoms with Crippen LogP contribution in [0.3, 0.4) is 0 Å². The van der Waals surface area contributed by atoms with Gasteiger partial charge >= 0.3 is 0 Å². The van der Waals surface area contributed by atoms with E-state index >= 15 is 0 Å². The largest absolute Gasteiger partial charge is 0.329 e. The normalized spacial score (nSPS) is 13.2. The van der Waals surface area contributed by atoms with Crippen molar-refractivity contribution in [1.82, 2.24) is 0 Å². The monoisotopic (exact) mass is 127 g/mol. The van der Waals surface area contributed by atoms with Gasteiger partial charge in [0, 0.05) is 12.6 Å². The van der Waals surface area contributed by atoms with E-state index in [4.69, 9.17) is 22.5 Å². The van der Waals surface area contributed by atoms with Gasteiger partial charge in [0.25, 0.3) is 0 Å². The fraction of sp³-hybridized carbons (Fsp3) is 0.600. The van der Waals surface area contributed by atoms with E-state index < -0.39 is 0 Å². The summed E-state index contributed by atoms with van der Waals surface area (Å²) < 4.78 is 0. The fourth-order valence-corrected chi connectivity index (χ4v) is 0.374. The Kier molecular flexibility index (Phi) is 3.97. The van der Waals surface area contributed by atoms with Crippen molar-refractivity contribution < 1.29 is 0 Å². The molecule has 0 saturated carbocycles. The van der Waals surface area contributed by atoms with Crippen LogP contribution in [0.1, 0.15) is 6.42 Å². The quantitative estimate of drug-likeness (QED) is 0.437. The molecule has 0 aromatic rings. The summed E-state index contributed by atoms with van der Waals surface area (Å²) in [7, 11) is 0. The van der Waals surface area contributed by atoms with E-state index in [9.17, 15) is 0 Å². The van der Waals surface area contributed by atoms with Crippen molar-refractivity contribution in [3.8, 4) is 6.07 Å². The summed E-state index contributed by atoms with van der Waals surface area (Å²) >= 11 is 0. The van der Waals surface area contributed by atoms with Gasteiger partial charge in [0.2, 0.25) is 0 Å². The molecule has 4 heteroatoms. The molecule has 0 spiro atoms. The Morgan fingerprint density at radius 1 is 1.67 bits per heavy atom. The molecule has 0 amide bonds. The van der Waals surface area contributed by atoms with E-state index in [-0.39, 0.29) is 12.5 Å². The van der Waals surface area contributed by atoms with Crippen molar-refractivity contribution in [2.45, 2.75) is 12.5 Å². The summed E-state index contributed by atoms with van der Waals surface area (Å²) in [5.74, 6) is 0. The van der Waals surface area contributed by atoms with Gasteiger partial charge in [-0.3, -0.25) is 0 Å². The minimum Gasteiger partial charge on any atom is -0.329 e. The van der Waals surface area contributed by atoms with E-state index in [1.807, 2.05) is 6.07 Å². The highest BCUT2D eigenvalue weighted by molar-refractivity contribution is 5.00. The maximum Gasteiger partial charge on any atom is 0.0659 e. The van der Waals surface area contributed by atoms with Crippen LogP contribution < -0.4 is 17.2 Å². The van der Waals surface area contributed by atoms with Gasteiger partial charge in [-0.25, -0.2) is 0 Å². The molecule has 9 heavy (non-hydrogen) atoms. The van der Waals surface area contributed by atoms with Crippen LogP contribution in [-0.2, 0) is 0 Å². The molecule has 1 atom stereocenters. The Hall–Kier alpha value is -0.630. The number of nitrogens with zero attached hydrogens (tertiary/aromatic N) is 1. The van der Waals surface area contributed by atoms with E-state index in [2.05, 4.69) is 0 Å². The lowest BCUT2D eigenvalue weighted by Gasteiger charge is -2.12. The molecule has 0 heterocycles. The van der Waals surface area contributed by atoms with E-state index in [1.54, 1.807) is 0 Å². The predicted octanol–water partition coefficient (Wildman–Crippen LogP) is -1.32. The highest BCUT2D eigenvalue weighted by Gasteiger charge is 2.10. The maximum atomic E-state index is 8.13. The summed E-state index contributed by atoms with van der Waals surface area (Å²) in [5, 5.41) is 8.13. The first kappa shape index (κ1) is 8.37. The van der Waals surface area contributed by atoms with Crippen molar-refractivity contribution in [1.29, 1.82) is 5.26 Å². The van der Waals surface area contributed by atoms with E-state index in [0.717, 1.165) is 0 Å². The molecule has 0 aliphatic heterocycles. The standard InChI is InChI=1S/C5H11N4/c6-2-1-4(8)5(9)3-7/h5H,1,3,7-9H2. The van der Waals surface area contributed by atoms with Crippen LogP contribution in [-0.4, -0.2) is 12.6 Å². The topological polar surface area (TPSA) is 102 Å². The lowest BCUT2D eigenvalue weighted by atomic mass is 10.1. The molecular formula is C5H11N4. The van der Waals surface area contributed by atoms with Crippen LogP contribution in [0.15, 0.2) is 0 Å². The number of nitriles is 1. The summed E-state index contributed by atoms with van der Waals surface area (Å²) in [4.78, 5) is 0. The zero-order chi connectivity index (χ0) is 7.28. The summed E-state index contributed by atoms with van der Waals surface area (Å²) in [6.45, 7) is 0.299. The Morgan fingerprint density at radius 3 is 2.56 bits per heavy atom. The Balaban J connectivity index is 3.48. The SMILES string of the molecule is N#CC[C](N)C(N)CN. The predicted molar refractivity (Wildman–Crippen MR) is 34.7 cm³/mol. The van der Waals surface area contributed by atoms with Gasteiger partial charge in [0.15, 0.2) is 0 Å². The molecule has 1 radical (unpaired) electrons. The molecular weight excluding hydrogens is 116 g/mol. The molecule has 4 nitrogen and oxygen atoms in total. The van der Waals surface area contributed by atoms with Crippen LogP contribution >= 0.6 is 0 Å². The molecule has 0 rings (SSSR count). The number of nitrogens with two attached hydrogens (primary N) is 3. The molecule has 0 aromatic heterocycles. The summed E-state index contributed by atoms with van der Waals surface area (Å²) in [6.07, 6.45) is 0.193. The maximum absolute atomic E-state index is 8.13. The second kappa shape index (κ2) is 4.27. The lowest BCUT2D eigenvalue weighted by molar-refractivity contribution is 0.659. The second-order valence-electron chi connectivity index (χ2n) is 1.75. The zero-order valence-corrected chi connectivity index (χ0v) is 5.17. The summed E-state index contributed by atoms with van der Waals surface area (Å²) in [5.41, 5.74) is 15.9. The first-order chi connectivity index (χ1) is 4.22. The van der Waals surface area contributed by atoms with Gasteiger partial charge in [-0.05, 0) is 0 Å². The van der Waals surface area contributed by atoms with Crippen molar-refractivity contribution in [3.05, 3.63) is 6.04 Å². The van der Waals surface area contributed by atoms with Gasteiger partial charge < -0.3 is 17.2 Å². The van der Waals surface area contributed by atoms with Gasteiger partial charge in [0.1, 0.15) is 0 Å². The molecule has 0 aliphatic carbocycles. The van der Waals surface area contributed by atoms with Crippen LogP contribution in [0.25, 0.3) is 0 Å². The van der Waals surface area contributed by atoms with Gasteiger partial charge in [-0.1, -0.05) is 0 Å². The highest BCUT2D eigenvalue weighted by Crippen LogP contribution is 1.98. The first-order valence-electron chi connectivity index (χ1n) is 2.66. The third kappa shape index (κ3) is 3.03. The van der Waals surface area contributed by atoms with Crippen LogP contribution in [0, 0.1) is 17.4 Å². The Bertz CT molecular complexity index is 106. The molecule has 0 fully saturated rings. The molecule has 0 aromatic carbocycles. The van der Waals surface area contributed by atoms with Crippen molar-refractivity contribution in [2.75, 3.05) is 6.54 Å². The Labute approximate surface area is 54.6 Å². The van der Waals surface area contributed by atoms with Crippen molar-refractivity contribution in [2.24, 2.45) is 17.2 Å². The average molecular weight is 127 g/mol.